The molecule has 1 heterocycles. The number of fused-ring (bicyclic) bond motifs is 2. The first-order valence-corrected chi connectivity index (χ1v) is 9.04. The lowest BCUT2D eigenvalue weighted by Gasteiger charge is -2.48. The second-order valence-corrected chi connectivity index (χ2v) is 7.55. The minimum atomic E-state index is -0.352. The highest BCUT2D eigenvalue weighted by Crippen LogP contribution is 2.49. The maximum Gasteiger partial charge on any atom is 0.124 e. The molecule has 2 aromatic carbocycles. The Hall–Kier alpha value is -1.84. The third-order valence-corrected chi connectivity index (χ3v) is 6.05. The highest BCUT2D eigenvalue weighted by atomic mass is 16.5. The Bertz CT molecular complexity index is 768. The number of rotatable bonds is 2. The van der Waals surface area contributed by atoms with Crippen molar-refractivity contribution >= 4 is 0 Å². The minimum absolute atomic E-state index is 0.00878. The average molecular weight is 321 g/mol. The van der Waals surface area contributed by atoms with Gasteiger partial charge >= 0.3 is 0 Å². The molecule has 3 unspecified atom stereocenters. The predicted molar refractivity (Wildman–Crippen MR) is 93.0 cm³/mol. The summed E-state index contributed by atoms with van der Waals surface area (Å²) >= 11 is 0. The summed E-state index contributed by atoms with van der Waals surface area (Å²) in [4.78, 5) is 0. The van der Waals surface area contributed by atoms with Crippen molar-refractivity contribution in [1.82, 2.24) is 5.32 Å². The summed E-state index contributed by atoms with van der Waals surface area (Å²) in [5.74, 6) is 1.02. The molecule has 3 nitrogen and oxygen atoms in total. The van der Waals surface area contributed by atoms with Gasteiger partial charge in [-0.15, -0.1) is 0 Å². The molecule has 124 valence electrons. The van der Waals surface area contributed by atoms with Crippen LogP contribution in [0, 0.1) is 0 Å². The van der Waals surface area contributed by atoms with E-state index in [4.69, 9.17) is 4.74 Å². The van der Waals surface area contributed by atoms with E-state index >= 15 is 0 Å². The number of benzene rings is 2. The average Bonchev–Trinajstić information content (AvgIpc) is 2.89. The van der Waals surface area contributed by atoms with Gasteiger partial charge in [0.2, 0.25) is 0 Å². The Kier molecular flexibility index (Phi) is 3.22. The van der Waals surface area contributed by atoms with E-state index in [1.54, 1.807) is 0 Å². The SMILES string of the molecule is OC1Cc2ccccc2C1NC1CC2(CCC2)Oc2ccccc21. The first-order valence-electron chi connectivity index (χ1n) is 9.04. The second kappa shape index (κ2) is 5.33. The summed E-state index contributed by atoms with van der Waals surface area (Å²) in [6, 6.07) is 17.0. The molecular weight excluding hydrogens is 298 g/mol. The van der Waals surface area contributed by atoms with Crippen LogP contribution < -0.4 is 10.1 Å². The zero-order chi connectivity index (χ0) is 16.1. The van der Waals surface area contributed by atoms with Crippen LogP contribution >= 0.6 is 0 Å². The predicted octanol–water partition coefficient (Wildman–Crippen LogP) is 3.68. The van der Waals surface area contributed by atoms with Crippen molar-refractivity contribution in [2.45, 2.75) is 55.9 Å². The van der Waals surface area contributed by atoms with Gasteiger partial charge in [-0.3, -0.25) is 0 Å². The van der Waals surface area contributed by atoms with Crippen LogP contribution in [0.2, 0.25) is 0 Å². The van der Waals surface area contributed by atoms with E-state index < -0.39 is 0 Å². The topological polar surface area (TPSA) is 41.5 Å². The molecule has 3 atom stereocenters. The fraction of sp³-hybridized carbons (Fsp3) is 0.429. The van der Waals surface area contributed by atoms with Crippen LogP contribution in [0.3, 0.4) is 0 Å². The van der Waals surface area contributed by atoms with Gasteiger partial charge in [0.15, 0.2) is 0 Å². The largest absolute Gasteiger partial charge is 0.487 e. The summed E-state index contributed by atoms with van der Waals surface area (Å²) in [5.41, 5.74) is 3.75. The molecule has 1 aliphatic heterocycles. The van der Waals surface area contributed by atoms with Gasteiger partial charge in [-0.05, 0) is 36.5 Å². The molecule has 1 fully saturated rings. The second-order valence-electron chi connectivity index (χ2n) is 7.55. The van der Waals surface area contributed by atoms with Crippen LogP contribution in [-0.4, -0.2) is 16.8 Å². The molecule has 0 bridgehead atoms. The number of nitrogens with one attached hydrogen (secondary N) is 1. The van der Waals surface area contributed by atoms with Crippen molar-refractivity contribution in [3.8, 4) is 5.75 Å². The van der Waals surface area contributed by atoms with Gasteiger partial charge in [-0.1, -0.05) is 42.5 Å². The quantitative estimate of drug-likeness (QED) is 0.886. The van der Waals surface area contributed by atoms with Crippen LogP contribution in [-0.2, 0) is 6.42 Å². The lowest BCUT2D eigenvalue weighted by atomic mass is 9.72. The van der Waals surface area contributed by atoms with Crippen LogP contribution in [0.1, 0.15) is 54.5 Å². The molecular formula is C21H23NO2. The van der Waals surface area contributed by atoms with Gasteiger partial charge in [0.05, 0.1) is 12.1 Å². The fourth-order valence-corrected chi connectivity index (χ4v) is 4.64. The summed E-state index contributed by atoms with van der Waals surface area (Å²) in [7, 11) is 0. The number of ether oxygens (including phenoxy) is 1. The Balaban J connectivity index is 1.48. The van der Waals surface area contributed by atoms with E-state index in [1.165, 1.54) is 23.1 Å². The fourth-order valence-electron chi connectivity index (χ4n) is 4.64. The van der Waals surface area contributed by atoms with Crippen molar-refractivity contribution in [2.75, 3.05) is 0 Å². The van der Waals surface area contributed by atoms with Crippen molar-refractivity contribution in [1.29, 1.82) is 0 Å². The smallest absolute Gasteiger partial charge is 0.124 e. The van der Waals surface area contributed by atoms with Gasteiger partial charge in [-0.25, -0.2) is 0 Å². The normalized spacial score (nSPS) is 29.5. The lowest BCUT2D eigenvalue weighted by Crippen LogP contribution is -2.49. The standard InChI is InChI=1S/C21H23NO2/c23-18-12-14-6-1-2-7-15(14)20(18)22-17-13-21(10-5-11-21)24-19-9-4-3-8-16(17)19/h1-4,6-9,17-18,20,22-23H,5,10-13H2. The molecule has 0 aromatic heterocycles. The number of aliphatic hydroxyl groups is 1. The van der Waals surface area contributed by atoms with Crippen molar-refractivity contribution in [3.63, 3.8) is 0 Å². The molecule has 0 radical (unpaired) electrons. The monoisotopic (exact) mass is 321 g/mol. The van der Waals surface area contributed by atoms with Crippen LogP contribution in [0.4, 0.5) is 0 Å². The zero-order valence-electron chi connectivity index (χ0n) is 13.7. The third kappa shape index (κ3) is 2.19. The van der Waals surface area contributed by atoms with E-state index in [0.29, 0.717) is 0 Å². The first kappa shape index (κ1) is 14.5. The number of aliphatic hydroxyl groups excluding tert-OH is 1. The van der Waals surface area contributed by atoms with Gasteiger partial charge in [0, 0.05) is 24.4 Å². The molecule has 24 heavy (non-hydrogen) atoms. The Morgan fingerprint density at radius 2 is 1.75 bits per heavy atom. The van der Waals surface area contributed by atoms with E-state index in [9.17, 15) is 5.11 Å². The molecule has 2 N–H and O–H groups in total. The summed E-state index contributed by atoms with van der Waals surface area (Å²) < 4.78 is 6.34. The molecule has 5 rings (SSSR count). The van der Waals surface area contributed by atoms with E-state index in [-0.39, 0.29) is 23.8 Å². The molecule has 0 amide bonds. The summed E-state index contributed by atoms with van der Waals surface area (Å²) in [6.45, 7) is 0. The Morgan fingerprint density at radius 3 is 2.54 bits per heavy atom. The van der Waals surface area contributed by atoms with Crippen LogP contribution in [0.5, 0.6) is 5.75 Å². The lowest BCUT2D eigenvalue weighted by molar-refractivity contribution is -0.0399. The van der Waals surface area contributed by atoms with Crippen molar-refractivity contribution in [3.05, 3.63) is 65.2 Å². The van der Waals surface area contributed by atoms with E-state index in [0.717, 1.165) is 31.4 Å². The van der Waals surface area contributed by atoms with E-state index in [1.807, 2.05) is 6.07 Å². The number of hydrogen-bond donors (Lipinski definition) is 2. The first-order chi connectivity index (χ1) is 11.7. The minimum Gasteiger partial charge on any atom is -0.487 e. The van der Waals surface area contributed by atoms with Crippen LogP contribution in [0.15, 0.2) is 48.5 Å². The molecule has 1 saturated carbocycles. The van der Waals surface area contributed by atoms with Gasteiger partial charge in [0.25, 0.3) is 0 Å². The highest BCUT2D eigenvalue weighted by Gasteiger charge is 2.46. The van der Waals surface area contributed by atoms with Gasteiger partial charge in [-0.2, -0.15) is 0 Å². The number of para-hydroxylation sites is 1. The number of hydrogen-bond acceptors (Lipinski definition) is 3. The van der Waals surface area contributed by atoms with E-state index in [2.05, 4.69) is 47.8 Å². The Morgan fingerprint density at radius 1 is 1.00 bits per heavy atom. The Labute approximate surface area is 142 Å². The summed E-state index contributed by atoms with van der Waals surface area (Å²) in [5, 5.41) is 14.4. The summed E-state index contributed by atoms with van der Waals surface area (Å²) in [6.07, 6.45) is 4.92. The van der Waals surface area contributed by atoms with Crippen molar-refractivity contribution < 1.29 is 9.84 Å². The zero-order valence-corrected chi connectivity index (χ0v) is 13.7. The molecule has 1 spiro atoms. The van der Waals surface area contributed by atoms with Gasteiger partial charge < -0.3 is 15.2 Å². The highest BCUT2D eigenvalue weighted by molar-refractivity contribution is 5.41. The molecule has 3 heteroatoms. The van der Waals surface area contributed by atoms with Gasteiger partial charge in [0.1, 0.15) is 11.4 Å². The molecule has 3 aliphatic rings. The van der Waals surface area contributed by atoms with Crippen LogP contribution in [0.25, 0.3) is 0 Å². The maximum absolute atomic E-state index is 10.6. The molecule has 2 aromatic rings. The maximum atomic E-state index is 10.6. The third-order valence-electron chi connectivity index (χ3n) is 6.05. The van der Waals surface area contributed by atoms with Crippen molar-refractivity contribution in [2.24, 2.45) is 0 Å². The molecule has 0 saturated heterocycles. The molecule has 2 aliphatic carbocycles.